The molecule has 2 aliphatic rings. The van der Waals surface area contributed by atoms with Gasteiger partial charge in [0.15, 0.2) is 12.1 Å². The average Bonchev–Trinajstić information content (AvgIpc) is 2.85. The molecule has 3 N–H and O–H groups in total. The van der Waals surface area contributed by atoms with Crippen molar-refractivity contribution >= 4 is 17.8 Å². The van der Waals surface area contributed by atoms with Crippen molar-refractivity contribution in [1.82, 2.24) is 15.2 Å². The number of hydrogen-bond donors (Lipinski definition) is 2. The van der Waals surface area contributed by atoms with Gasteiger partial charge >= 0.3 is 6.18 Å². The molecule has 192 valence electrons. The van der Waals surface area contributed by atoms with E-state index in [1.54, 1.807) is 18.2 Å². The molecular weight excluding hydrogens is 475 g/mol. The summed E-state index contributed by atoms with van der Waals surface area (Å²) in [5, 5.41) is 2.69. The molecule has 3 heterocycles. The highest BCUT2D eigenvalue weighted by molar-refractivity contribution is 5.99. The Morgan fingerprint density at radius 3 is 2.64 bits per heavy atom. The van der Waals surface area contributed by atoms with Crippen molar-refractivity contribution in [1.29, 1.82) is 0 Å². The topological polar surface area (TPSA) is 110 Å². The Morgan fingerprint density at radius 1 is 1.25 bits per heavy atom. The molecule has 0 bridgehead atoms. The molecule has 2 aromatic rings. The van der Waals surface area contributed by atoms with Crippen LogP contribution in [0.3, 0.4) is 0 Å². The van der Waals surface area contributed by atoms with Gasteiger partial charge in [-0.05, 0) is 31.0 Å². The Bertz CT molecular complexity index is 1180. The molecule has 0 aliphatic carbocycles. The average molecular weight is 504 g/mol. The maximum atomic E-state index is 13.4. The third-order valence-corrected chi connectivity index (χ3v) is 6.81. The van der Waals surface area contributed by atoms with Crippen molar-refractivity contribution in [2.24, 2.45) is 10.7 Å². The van der Waals surface area contributed by atoms with Gasteiger partial charge in [-0.1, -0.05) is 32.0 Å². The molecule has 2 amide bonds. The molecule has 0 radical (unpaired) electrons. The minimum atomic E-state index is -4.57. The van der Waals surface area contributed by atoms with Crippen LogP contribution in [0.4, 0.5) is 13.2 Å². The summed E-state index contributed by atoms with van der Waals surface area (Å²) in [5.41, 5.74) is 6.66. The largest absolute Gasteiger partial charge is 0.480 e. The lowest BCUT2D eigenvalue weighted by Crippen LogP contribution is -2.50. The number of carbonyl (C=O) groups is 2. The molecule has 8 nitrogen and oxygen atoms in total. The first kappa shape index (κ1) is 25.5. The molecule has 36 heavy (non-hydrogen) atoms. The third kappa shape index (κ3) is 5.14. The van der Waals surface area contributed by atoms with Gasteiger partial charge < -0.3 is 15.8 Å². The number of hydrogen-bond acceptors (Lipinski definition) is 6. The number of fused-ring (bicyclic) bond motifs is 1. The number of halogens is 3. The zero-order valence-corrected chi connectivity index (χ0v) is 20.0. The standard InChI is InChI=1S/C25H28F3N5O3/c1-3-24(4-2)13-21(34)33(23(29)32-24)14-16-11-15(9-10-30-16)22(35)31-18-12-20(25(26,27)28)36-19-8-6-5-7-17(18)19/h5-11,18,20H,3-4,12-14H2,1-2H3,(H2,29,32)(H,31,35)/t18-,20?/m0/s1. The Morgan fingerprint density at radius 2 is 1.97 bits per heavy atom. The van der Waals surface area contributed by atoms with Crippen LogP contribution in [0.5, 0.6) is 5.75 Å². The first-order chi connectivity index (χ1) is 17.0. The molecule has 4 rings (SSSR count). The van der Waals surface area contributed by atoms with E-state index in [0.717, 1.165) is 0 Å². The molecule has 1 unspecified atom stereocenters. The summed E-state index contributed by atoms with van der Waals surface area (Å²) in [5.74, 6) is -0.562. The van der Waals surface area contributed by atoms with Crippen LogP contribution in [0.1, 0.15) is 67.2 Å². The second kappa shape index (κ2) is 9.79. The van der Waals surface area contributed by atoms with E-state index in [4.69, 9.17) is 10.5 Å². The van der Waals surface area contributed by atoms with Crippen molar-refractivity contribution in [3.63, 3.8) is 0 Å². The normalized spacial score (nSPS) is 21.3. The zero-order valence-electron chi connectivity index (χ0n) is 20.0. The van der Waals surface area contributed by atoms with Crippen LogP contribution >= 0.6 is 0 Å². The number of guanidine groups is 1. The number of alkyl halides is 3. The van der Waals surface area contributed by atoms with E-state index in [2.05, 4.69) is 15.3 Å². The fraction of sp³-hybridized carbons (Fsp3) is 0.440. The Labute approximate surface area is 206 Å². The van der Waals surface area contributed by atoms with E-state index < -0.39 is 36.2 Å². The monoisotopic (exact) mass is 503 g/mol. The minimum absolute atomic E-state index is 0.0229. The van der Waals surface area contributed by atoms with Crippen molar-refractivity contribution < 1.29 is 27.5 Å². The lowest BCUT2D eigenvalue weighted by atomic mass is 9.88. The lowest BCUT2D eigenvalue weighted by molar-refractivity contribution is -0.201. The number of rotatable bonds is 6. The van der Waals surface area contributed by atoms with E-state index in [1.165, 1.54) is 29.3 Å². The van der Waals surface area contributed by atoms with Crippen molar-refractivity contribution in [3.05, 3.63) is 59.4 Å². The SMILES string of the molecule is CCC1(CC)CC(=O)N(Cc2cc(C(=O)N[C@H]3CC(C(F)(F)F)Oc4ccccc43)ccn2)C(N)=N1. The number of aromatic nitrogens is 1. The number of ether oxygens (including phenoxy) is 1. The van der Waals surface area contributed by atoms with Crippen LogP contribution in [0.15, 0.2) is 47.6 Å². The minimum Gasteiger partial charge on any atom is -0.480 e. The van der Waals surface area contributed by atoms with Crippen LogP contribution in [-0.2, 0) is 11.3 Å². The van der Waals surface area contributed by atoms with Crippen LogP contribution in [0.2, 0.25) is 0 Å². The van der Waals surface area contributed by atoms with Crippen molar-refractivity contribution in [3.8, 4) is 5.75 Å². The molecule has 1 aromatic heterocycles. The molecule has 2 atom stereocenters. The fourth-order valence-corrected chi connectivity index (χ4v) is 4.54. The Kier molecular flexibility index (Phi) is 6.92. The first-order valence-corrected chi connectivity index (χ1v) is 11.8. The van der Waals surface area contributed by atoms with E-state index >= 15 is 0 Å². The summed E-state index contributed by atoms with van der Waals surface area (Å²) < 4.78 is 45.3. The van der Waals surface area contributed by atoms with E-state index in [-0.39, 0.29) is 36.1 Å². The van der Waals surface area contributed by atoms with Gasteiger partial charge in [0.2, 0.25) is 5.91 Å². The predicted octanol–water partition coefficient (Wildman–Crippen LogP) is 3.87. The van der Waals surface area contributed by atoms with Gasteiger partial charge in [-0.25, -0.2) is 4.99 Å². The van der Waals surface area contributed by atoms with E-state index in [0.29, 0.717) is 24.1 Å². The number of carbonyl (C=O) groups excluding carboxylic acids is 2. The van der Waals surface area contributed by atoms with Gasteiger partial charge in [0, 0.05) is 23.7 Å². The Hall–Kier alpha value is -3.63. The van der Waals surface area contributed by atoms with Gasteiger partial charge in [-0.2, -0.15) is 13.2 Å². The number of nitrogens with one attached hydrogen (secondary N) is 1. The van der Waals surface area contributed by atoms with Gasteiger partial charge in [-0.15, -0.1) is 0 Å². The van der Waals surface area contributed by atoms with Gasteiger partial charge in [0.25, 0.3) is 5.91 Å². The second-order valence-corrected chi connectivity index (χ2v) is 9.04. The third-order valence-electron chi connectivity index (χ3n) is 6.81. The number of amides is 2. The van der Waals surface area contributed by atoms with Gasteiger partial charge in [-0.3, -0.25) is 19.5 Å². The van der Waals surface area contributed by atoms with Crippen LogP contribution < -0.4 is 15.8 Å². The molecule has 0 saturated carbocycles. The second-order valence-electron chi connectivity index (χ2n) is 9.04. The summed E-state index contributed by atoms with van der Waals surface area (Å²) in [6.07, 6.45) is -4.05. The number of nitrogens with two attached hydrogens (primary N) is 1. The highest BCUT2D eigenvalue weighted by Crippen LogP contribution is 2.40. The molecule has 1 aromatic carbocycles. The van der Waals surface area contributed by atoms with Gasteiger partial charge in [0.1, 0.15) is 5.75 Å². The smallest absolute Gasteiger partial charge is 0.425 e. The Balaban J connectivity index is 1.52. The summed E-state index contributed by atoms with van der Waals surface area (Å²) in [6, 6.07) is 8.38. The van der Waals surface area contributed by atoms with Crippen LogP contribution in [0, 0.1) is 0 Å². The van der Waals surface area contributed by atoms with Crippen molar-refractivity contribution in [2.75, 3.05) is 0 Å². The molecule has 0 saturated heterocycles. The highest BCUT2D eigenvalue weighted by Gasteiger charge is 2.46. The van der Waals surface area contributed by atoms with E-state index in [9.17, 15) is 22.8 Å². The molecular formula is C25H28F3N5O3. The molecule has 11 heteroatoms. The van der Waals surface area contributed by atoms with Gasteiger partial charge in [0.05, 0.1) is 30.2 Å². The van der Waals surface area contributed by atoms with Crippen molar-refractivity contribution in [2.45, 2.75) is 69.9 Å². The maximum absolute atomic E-state index is 13.4. The van der Waals surface area contributed by atoms with Crippen LogP contribution in [-0.4, -0.2) is 45.5 Å². The highest BCUT2D eigenvalue weighted by atomic mass is 19.4. The van der Waals surface area contributed by atoms with Crippen LogP contribution in [0.25, 0.3) is 0 Å². The first-order valence-electron chi connectivity index (χ1n) is 11.8. The molecule has 2 aliphatic heterocycles. The molecule has 0 fully saturated rings. The van der Waals surface area contributed by atoms with E-state index in [1.807, 2.05) is 13.8 Å². The molecule has 0 spiro atoms. The zero-order chi connectivity index (χ0) is 26.1. The number of pyridine rings is 1. The predicted molar refractivity (Wildman–Crippen MR) is 126 cm³/mol. The number of nitrogens with zero attached hydrogens (tertiary/aromatic N) is 3. The summed E-state index contributed by atoms with van der Waals surface area (Å²) in [7, 11) is 0. The number of benzene rings is 1. The number of para-hydroxylation sites is 1. The maximum Gasteiger partial charge on any atom is 0.425 e. The lowest BCUT2D eigenvalue weighted by Gasteiger charge is -2.36. The summed E-state index contributed by atoms with van der Waals surface area (Å²) in [6.45, 7) is 3.94. The fourth-order valence-electron chi connectivity index (χ4n) is 4.54. The quantitative estimate of drug-likeness (QED) is 0.622. The number of aliphatic imine (C=N–C) groups is 1. The summed E-state index contributed by atoms with van der Waals surface area (Å²) in [4.78, 5) is 35.9. The summed E-state index contributed by atoms with van der Waals surface area (Å²) >= 11 is 0.